The Hall–Kier alpha value is -1.49. The van der Waals surface area contributed by atoms with Gasteiger partial charge in [0.15, 0.2) is 5.13 Å². The molecule has 96 valence electrons. The molecule has 0 fully saturated rings. The molecule has 2 nitrogen and oxygen atoms in total. The third kappa shape index (κ3) is 3.04. The summed E-state index contributed by atoms with van der Waals surface area (Å²) in [6.07, 6.45) is 0.304. The third-order valence-electron chi connectivity index (χ3n) is 2.46. The Labute approximate surface area is 109 Å². The summed E-state index contributed by atoms with van der Waals surface area (Å²) in [5, 5.41) is 4.01. The topological polar surface area (TPSA) is 24.9 Å². The molecule has 1 aromatic carbocycles. The summed E-state index contributed by atoms with van der Waals surface area (Å²) in [5.74, 6) is 0. The molecular weight excluding hydrogens is 254 g/mol. The smallest absolute Gasteiger partial charge is 0.263 e. The molecule has 0 amide bonds. The van der Waals surface area contributed by atoms with Crippen LogP contribution in [0.4, 0.5) is 13.9 Å². The zero-order chi connectivity index (χ0) is 13.0. The monoisotopic (exact) mass is 268 g/mol. The molecule has 0 saturated heterocycles. The normalized spacial score (nSPS) is 10.9. The van der Waals surface area contributed by atoms with Gasteiger partial charge in [0, 0.05) is 18.3 Å². The quantitative estimate of drug-likeness (QED) is 0.859. The second-order valence-corrected chi connectivity index (χ2v) is 4.91. The van der Waals surface area contributed by atoms with Crippen molar-refractivity contribution in [2.24, 2.45) is 0 Å². The largest absolute Gasteiger partial charge is 0.362 e. The minimum atomic E-state index is -2.43. The van der Waals surface area contributed by atoms with Crippen molar-refractivity contribution >= 4 is 16.5 Å². The van der Waals surface area contributed by atoms with Crippen molar-refractivity contribution in [2.45, 2.75) is 19.8 Å². The first-order valence-electron chi connectivity index (χ1n) is 5.79. The second-order valence-electron chi connectivity index (χ2n) is 3.88. The molecule has 5 heteroatoms. The number of rotatable bonds is 5. The average molecular weight is 268 g/mol. The van der Waals surface area contributed by atoms with Crippen LogP contribution in [0, 0.1) is 0 Å². The van der Waals surface area contributed by atoms with Gasteiger partial charge in [0.1, 0.15) is 0 Å². The van der Waals surface area contributed by atoms with E-state index >= 15 is 0 Å². The van der Waals surface area contributed by atoms with E-state index in [1.165, 1.54) is 23.5 Å². The number of hydrogen-bond acceptors (Lipinski definition) is 3. The van der Waals surface area contributed by atoms with Gasteiger partial charge in [-0.2, -0.15) is 0 Å². The number of aromatic nitrogens is 1. The van der Waals surface area contributed by atoms with E-state index < -0.39 is 6.43 Å². The highest BCUT2D eigenvalue weighted by atomic mass is 32.1. The zero-order valence-electron chi connectivity index (χ0n) is 9.99. The minimum absolute atomic E-state index is 0.0453. The lowest BCUT2D eigenvalue weighted by Gasteiger charge is -2.02. The Bertz CT molecular complexity index is 511. The maximum atomic E-state index is 12.6. The van der Waals surface area contributed by atoms with Crippen LogP contribution in [-0.2, 0) is 0 Å². The van der Waals surface area contributed by atoms with Gasteiger partial charge in [0.05, 0.1) is 4.88 Å². The van der Waals surface area contributed by atoms with E-state index in [2.05, 4.69) is 17.2 Å². The van der Waals surface area contributed by atoms with Crippen molar-refractivity contribution in [3.8, 4) is 10.4 Å². The number of nitrogens with one attached hydrogen (secondary N) is 1. The number of benzene rings is 1. The summed E-state index contributed by atoms with van der Waals surface area (Å²) in [7, 11) is 0. The average Bonchev–Trinajstić information content (AvgIpc) is 2.85. The van der Waals surface area contributed by atoms with Crippen molar-refractivity contribution in [3.05, 3.63) is 36.0 Å². The van der Waals surface area contributed by atoms with Crippen LogP contribution in [0.1, 0.15) is 25.3 Å². The predicted octanol–water partition coefficient (Wildman–Crippen LogP) is 4.57. The number of nitrogens with zero attached hydrogens (tertiary/aromatic N) is 1. The Morgan fingerprint density at radius 3 is 2.94 bits per heavy atom. The van der Waals surface area contributed by atoms with Crippen LogP contribution >= 0.6 is 11.3 Å². The number of anilines is 1. The van der Waals surface area contributed by atoms with E-state index in [-0.39, 0.29) is 5.56 Å². The Kier molecular flexibility index (Phi) is 4.25. The fraction of sp³-hybridized carbons (Fsp3) is 0.308. The van der Waals surface area contributed by atoms with Gasteiger partial charge < -0.3 is 5.32 Å². The molecule has 2 rings (SSSR count). The molecule has 0 bridgehead atoms. The number of thiazole rings is 1. The number of alkyl halides is 2. The van der Waals surface area contributed by atoms with E-state index in [0.717, 1.165) is 28.5 Å². The van der Waals surface area contributed by atoms with Gasteiger partial charge in [-0.25, -0.2) is 13.8 Å². The summed E-state index contributed by atoms with van der Waals surface area (Å²) in [4.78, 5) is 5.12. The van der Waals surface area contributed by atoms with E-state index in [0.29, 0.717) is 0 Å². The maximum absolute atomic E-state index is 12.6. The first-order valence-corrected chi connectivity index (χ1v) is 6.60. The van der Waals surface area contributed by atoms with Gasteiger partial charge in [-0.15, -0.1) is 0 Å². The Morgan fingerprint density at radius 1 is 1.39 bits per heavy atom. The predicted molar refractivity (Wildman–Crippen MR) is 71.3 cm³/mol. The molecule has 0 atom stereocenters. The van der Waals surface area contributed by atoms with Gasteiger partial charge in [-0.1, -0.05) is 36.5 Å². The van der Waals surface area contributed by atoms with Crippen molar-refractivity contribution < 1.29 is 8.78 Å². The molecule has 0 spiro atoms. The van der Waals surface area contributed by atoms with Gasteiger partial charge >= 0.3 is 0 Å². The van der Waals surface area contributed by atoms with Crippen LogP contribution in [-0.4, -0.2) is 11.5 Å². The lowest BCUT2D eigenvalue weighted by Crippen LogP contribution is -1.97. The molecule has 0 radical (unpaired) electrons. The molecule has 1 N–H and O–H groups in total. The van der Waals surface area contributed by atoms with Crippen LogP contribution in [0.2, 0.25) is 0 Å². The highest BCUT2D eigenvalue weighted by molar-refractivity contribution is 7.18. The van der Waals surface area contributed by atoms with Crippen molar-refractivity contribution in [2.75, 3.05) is 11.9 Å². The molecule has 2 aromatic rings. The maximum Gasteiger partial charge on any atom is 0.263 e. The van der Waals surface area contributed by atoms with Crippen molar-refractivity contribution in [1.29, 1.82) is 0 Å². The Morgan fingerprint density at radius 2 is 2.22 bits per heavy atom. The molecule has 0 saturated carbocycles. The lowest BCUT2D eigenvalue weighted by molar-refractivity contribution is 0.151. The van der Waals surface area contributed by atoms with Crippen molar-refractivity contribution in [3.63, 3.8) is 0 Å². The van der Waals surface area contributed by atoms with Crippen molar-refractivity contribution in [1.82, 2.24) is 4.98 Å². The van der Waals surface area contributed by atoms with E-state index in [4.69, 9.17) is 0 Å². The highest BCUT2D eigenvalue weighted by Crippen LogP contribution is 2.31. The highest BCUT2D eigenvalue weighted by Gasteiger charge is 2.09. The zero-order valence-corrected chi connectivity index (χ0v) is 10.8. The van der Waals surface area contributed by atoms with Gasteiger partial charge in [-0.05, 0) is 18.1 Å². The SMILES string of the molecule is CCCNc1ncc(-c2cccc(C(F)F)c2)s1. The van der Waals surface area contributed by atoms with E-state index in [1.807, 2.05) is 6.07 Å². The number of halogens is 2. The summed E-state index contributed by atoms with van der Waals surface area (Å²) in [6.45, 7) is 2.94. The summed E-state index contributed by atoms with van der Waals surface area (Å²) in [6, 6.07) is 6.42. The molecular formula is C13H14F2N2S. The standard InChI is InChI=1S/C13H14F2N2S/c1-2-6-16-13-17-8-11(18-13)9-4-3-5-10(7-9)12(14)15/h3-5,7-8,12H,2,6H2,1H3,(H,16,17). The van der Waals surface area contributed by atoms with Gasteiger partial charge in [0.2, 0.25) is 0 Å². The summed E-state index contributed by atoms with van der Waals surface area (Å²) >= 11 is 1.48. The van der Waals surface area contributed by atoms with Crippen LogP contribution < -0.4 is 5.32 Å². The van der Waals surface area contributed by atoms with E-state index in [1.54, 1.807) is 12.3 Å². The van der Waals surface area contributed by atoms with Gasteiger partial charge in [0.25, 0.3) is 6.43 Å². The van der Waals surface area contributed by atoms with E-state index in [9.17, 15) is 8.78 Å². The van der Waals surface area contributed by atoms with Gasteiger partial charge in [-0.3, -0.25) is 0 Å². The molecule has 0 aliphatic carbocycles. The molecule has 1 heterocycles. The third-order valence-corrected chi connectivity index (χ3v) is 3.46. The molecule has 0 aliphatic heterocycles. The van der Waals surface area contributed by atoms with Crippen LogP contribution in [0.25, 0.3) is 10.4 Å². The fourth-order valence-electron chi connectivity index (χ4n) is 1.55. The lowest BCUT2D eigenvalue weighted by atomic mass is 10.1. The summed E-state index contributed by atoms with van der Waals surface area (Å²) < 4.78 is 25.2. The van der Waals surface area contributed by atoms with Crippen LogP contribution in [0.15, 0.2) is 30.5 Å². The number of hydrogen-bond donors (Lipinski definition) is 1. The molecule has 0 unspecified atom stereocenters. The Balaban J connectivity index is 2.20. The minimum Gasteiger partial charge on any atom is -0.362 e. The molecule has 1 aromatic heterocycles. The van der Waals surface area contributed by atoms with Crippen LogP contribution in [0.3, 0.4) is 0 Å². The first kappa shape index (κ1) is 13.0. The molecule has 0 aliphatic rings. The fourth-order valence-corrected chi connectivity index (χ4v) is 2.39. The summed E-state index contributed by atoms with van der Waals surface area (Å²) in [5.41, 5.74) is 0.832. The second kappa shape index (κ2) is 5.91. The van der Waals surface area contributed by atoms with Crippen LogP contribution in [0.5, 0.6) is 0 Å². The molecule has 18 heavy (non-hydrogen) atoms. The first-order chi connectivity index (χ1) is 8.70.